The zero-order valence-electron chi connectivity index (χ0n) is 15.7. The molecular weight excluding hydrogens is 324 g/mol. The van der Waals surface area contributed by atoms with Gasteiger partial charge in [0.25, 0.3) is 0 Å². The van der Waals surface area contributed by atoms with Crippen molar-refractivity contribution in [1.82, 2.24) is 10.3 Å². The maximum Gasteiger partial charge on any atom is 0.218 e. The van der Waals surface area contributed by atoms with E-state index in [0.717, 1.165) is 23.0 Å². The summed E-state index contributed by atoms with van der Waals surface area (Å²) in [7, 11) is 1.71. The highest BCUT2D eigenvalue weighted by Gasteiger charge is 2.10. The molecule has 0 aliphatic rings. The van der Waals surface area contributed by atoms with Gasteiger partial charge in [-0.25, -0.2) is 4.98 Å². The molecule has 136 valence electrons. The van der Waals surface area contributed by atoms with E-state index in [1.807, 2.05) is 18.2 Å². The van der Waals surface area contributed by atoms with Crippen LogP contribution in [-0.4, -0.2) is 25.2 Å². The number of pyridine rings is 1. The summed E-state index contributed by atoms with van der Waals surface area (Å²) < 4.78 is 11.2. The highest BCUT2D eigenvalue weighted by atomic mass is 16.5. The van der Waals surface area contributed by atoms with Crippen LogP contribution in [0.2, 0.25) is 0 Å². The molecule has 1 heterocycles. The van der Waals surface area contributed by atoms with Crippen molar-refractivity contribution in [3.63, 3.8) is 0 Å². The van der Waals surface area contributed by atoms with Gasteiger partial charge in [0.05, 0.1) is 12.1 Å². The predicted octanol–water partition coefficient (Wildman–Crippen LogP) is 4.17. The average molecular weight is 350 g/mol. The lowest BCUT2D eigenvalue weighted by Gasteiger charge is -2.14. The number of benzene rings is 2. The third-order valence-corrected chi connectivity index (χ3v) is 4.43. The van der Waals surface area contributed by atoms with Crippen LogP contribution < -0.4 is 10.1 Å². The Kier molecular flexibility index (Phi) is 6.21. The van der Waals surface area contributed by atoms with Gasteiger partial charge < -0.3 is 14.8 Å². The van der Waals surface area contributed by atoms with E-state index in [0.29, 0.717) is 25.6 Å². The number of nitrogens with one attached hydrogen (secondary N) is 1. The Balaban J connectivity index is 1.85. The van der Waals surface area contributed by atoms with Gasteiger partial charge in [-0.05, 0) is 43.2 Å². The molecule has 1 N–H and O–H groups in total. The smallest absolute Gasteiger partial charge is 0.218 e. The third kappa shape index (κ3) is 4.59. The maximum atomic E-state index is 6.12. The van der Waals surface area contributed by atoms with Crippen LogP contribution in [0.3, 0.4) is 0 Å². The molecule has 4 heteroatoms. The lowest BCUT2D eigenvalue weighted by molar-refractivity contribution is 0.199. The van der Waals surface area contributed by atoms with E-state index in [-0.39, 0.29) is 0 Å². The molecule has 4 nitrogen and oxygen atoms in total. The zero-order valence-corrected chi connectivity index (χ0v) is 15.7. The van der Waals surface area contributed by atoms with Crippen molar-refractivity contribution in [2.75, 3.05) is 20.3 Å². The molecule has 3 rings (SSSR count). The Morgan fingerprint density at radius 3 is 2.65 bits per heavy atom. The van der Waals surface area contributed by atoms with Crippen LogP contribution in [0.15, 0.2) is 48.5 Å². The summed E-state index contributed by atoms with van der Waals surface area (Å²) in [4.78, 5) is 4.77. The lowest BCUT2D eigenvalue weighted by atomic mass is 10.1. The van der Waals surface area contributed by atoms with Gasteiger partial charge in [-0.2, -0.15) is 0 Å². The van der Waals surface area contributed by atoms with Crippen molar-refractivity contribution in [2.45, 2.75) is 27.0 Å². The van der Waals surface area contributed by atoms with Crippen LogP contribution >= 0.6 is 0 Å². The Bertz CT molecular complexity index is 877. The number of aryl methyl sites for hydroxylation is 2. The molecule has 0 amide bonds. The molecule has 0 saturated carbocycles. The predicted molar refractivity (Wildman–Crippen MR) is 106 cm³/mol. The summed E-state index contributed by atoms with van der Waals surface area (Å²) in [6, 6.07) is 16.7. The summed E-state index contributed by atoms with van der Waals surface area (Å²) in [5.74, 6) is 0.689. The van der Waals surface area contributed by atoms with Crippen LogP contribution in [0.25, 0.3) is 10.9 Å². The number of hydrogen-bond acceptors (Lipinski definition) is 4. The Morgan fingerprint density at radius 1 is 1.00 bits per heavy atom. The van der Waals surface area contributed by atoms with Crippen molar-refractivity contribution in [2.24, 2.45) is 0 Å². The van der Waals surface area contributed by atoms with Gasteiger partial charge in [-0.3, -0.25) is 0 Å². The van der Waals surface area contributed by atoms with E-state index < -0.39 is 0 Å². The highest BCUT2D eigenvalue weighted by Crippen LogP contribution is 2.24. The lowest BCUT2D eigenvalue weighted by Crippen LogP contribution is -2.19. The van der Waals surface area contributed by atoms with E-state index in [1.165, 1.54) is 16.7 Å². The van der Waals surface area contributed by atoms with Crippen LogP contribution in [0, 0.1) is 13.8 Å². The fraction of sp³-hybridized carbons (Fsp3) is 0.318. The number of rotatable bonds is 8. The minimum absolute atomic E-state index is 0.516. The number of fused-ring (bicyclic) bond motifs is 1. The quantitative estimate of drug-likeness (QED) is 0.619. The maximum absolute atomic E-state index is 6.12. The molecule has 0 saturated heterocycles. The number of ether oxygens (including phenoxy) is 2. The fourth-order valence-corrected chi connectivity index (χ4v) is 2.89. The van der Waals surface area contributed by atoms with Crippen molar-refractivity contribution < 1.29 is 9.47 Å². The van der Waals surface area contributed by atoms with E-state index in [9.17, 15) is 0 Å². The molecule has 0 bridgehead atoms. The number of methoxy groups -OCH3 is 1. The molecule has 0 unspecified atom stereocenters. The first-order valence-electron chi connectivity index (χ1n) is 8.94. The summed E-state index contributed by atoms with van der Waals surface area (Å²) >= 11 is 0. The summed E-state index contributed by atoms with van der Waals surface area (Å²) in [6.07, 6.45) is 0. The number of hydrogen-bond donors (Lipinski definition) is 1. The average Bonchev–Trinajstić information content (AvgIpc) is 2.64. The van der Waals surface area contributed by atoms with Crippen molar-refractivity contribution in [3.8, 4) is 5.88 Å². The van der Waals surface area contributed by atoms with Gasteiger partial charge in [0.15, 0.2) is 0 Å². The minimum Gasteiger partial charge on any atom is -0.473 e. The van der Waals surface area contributed by atoms with Gasteiger partial charge >= 0.3 is 0 Å². The normalized spacial score (nSPS) is 11.0. The molecular formula is C22H26N2O2. The fourth-order valence-electron chi connectivity index (χ4n) is 2.89. The van der Waals surface area contributed by atoms with Crippen molar-refractivity contribution in [1.29, 1.82) is 0 Å². The molecule has 0 aliphatic carbocycles. The van der Waals surface area contributed by atoms with Crippen molar-refractivity contribution in [3.05, 3.63) is 70.8 Å². The largest absolute Gasteiger partial charge is 0.473 e. The van der Waals surface area contributed by atoms with Crippen molar-refractivity contribution >= 4 is 10.9 Å². The second-order valence-electron chi connectivity index (χ2n) is 6.53. The molecule has 2 aromatic carbocycles. The van der Waals surface area contributed by atoms with Gasteiger partial charge in [0.1, 0.15) is 6.61 Å². The zero-order chi connectivity index (χ0) is 18.4. The van der Waals surface area contributed by atoms with Gasteiger partial charge in [-0.15, -0.1) is 0 Å². The molecule has 0 radical (unpaired) electrons. The first-order valence-corrected chi connectivity index (χ1v) is 8.94. The second-order valence-corrected chi connectivity index (χ2v) is 6.53. The van der Waals surface area contributed by atoms with Crippen LogP contribution in [0.5, 0.6) is 5.88 Å². The number of aromatic nitrogens is 1. The summed E-state index contributed by atoms with van der Waals surface area (Å²) in [6.45, 7) is 6.88. The van der Waals surface area contributed by atoms with E-state index in [2.05, 4.69) is 49.5 Å². The summed E-state index contributed by atoms with van der Waals surface area (Å²) in [5, 5.41) is 4.52. The monoisotopic (exact) mass is 350 g/mol. The Labute approximate surface area is 155 Å². The molecule has 0 atom stereocenters. The van der Waals surface area contributed by atoms with E-state index >= 15 is 0 Å². The minimum atomic E-state index is 0.516. The molecule has 1 aromatic heterocycles. The standard InChI is InChI=1S/C22H26N2O2/c1-16-8-9-21-19(12-16)13-20(14-23-10-11-25-3)22(24-21)26-15-18-7-5-4-6-17(18)2/h4-9,12-13,23H,10-11,14-15H2,1-3H3. The van der Waals surface area contributed by atoms with Gasteiger partial charge in [0, 0.05) is 31.1 Å². The van der Waals surface area contributed by atoms with Crippen LogP contribution in [0.1, 0.15) is 22.3 Å². The molecule has 26 heavy (non-hydrogen) atoms. The highest BCUT2D eigenvalue weighted by molar-refractivity contribution is 5.80. The third-order valence-electron chi connectivity index (χ3n) is 4.43. The SMILES string of the molecule is COCCNCc1cc2cc(C)ccc2nc1OCc1ccccc1C. The molecule has 0 fully saturated rings. The van der Waals surface area contributed by atoms with Gasteiger partial charge in [0.2, 0.25) is 5.88 Å². The Hall–Kier alpha value is -2.43. The van der Waals surface area contributed by atoms with Crippen LogP contribution in [-0.2, 0) is 17.9 Å². The molecule has 0 spiro atoms. The first kappa shape index (κ1) is 18.4. The first-order chi connectivity index (χ1) is 12.7. The summed E-state index contributed by atoms with van der Waals surface area (Å²) in [5.41, 5.74) is 5.65. The molecule has 3 aromatic rings. The topological polar surface area (TPSA) is 43.4 Å². The number of nitrogens with zero attached hydrogens (tertiary/aromatic N) is 1. The van der Waals surface area contributed by atoms with E-state index in [4.69, 9.17) is 14.5 Å². The van der Waals surface area contributed by atoms with Crippen LogP contribution in [0.4, 0.5) is 0 Å². The molecule has 0 aliphatic heterocycles. The van der Waals surface area contributed by atoms with E-state index in [1.54, 1.807) is 7.11 Å². The van der Waals surface area contributed by atoms with Gasteiger partial charge in [-0.1, -0.05) is 35.9 Å². The Morgan fingerprint density at radius 2 is 1.85 bits per heavy atom. The second kappa shape index (κ2) is 8.79.